The molecule has 0 aliphatic carbocycles. The molecule has 0 bridgehead atoms. The molecule has 2 N–H and O–H groups in total. The van der Waals surface area contributed by atoms with Crippen molar-refractivity contribution in [1.29, 1.82) is 0 Å². The molecule has 0 atom stereocenters. The minimum atomic E-state index is -0.279. The van der Waals surface area contributed by atoms with Gasteiger partial charge in [-0.25, -0.2) is 0 Å². The molecule has 142 valence electrons. The van der Waals surface area contributed by atoms with Gasteiger partial charge in [0.2, 0.25) is 5.91 Å². The van der Waals surface area contributed by atoms with Crippen LogP contribution in [0.3, 0.4) is 0 Å². The van der Waals surface area contributed by atoms with E-state index in [1.807, 2.05) is 24.3 Å². The monoisotopic (exact) mass is 431 g/mol. The minimum Gasteiger partial charge on any atom is -0.379 e. The Labute approximate surface area is 167 Å². The summed E-state index contributed by atoms with van der Waals surface area (Å²) in [5.74, 6) is -0.542. The Balaban J connectivity index is 1.44. The topological polar surface area (TPSA) is 70.7 Å². The van der Waals surface area contributed by atoms with Crippen molar-refractivity contribution in [3.8, 4) is 0 Å². The second-order valence-corrected chi connectivity index (χ2v) is 7.24. The maximum absolute atomic E-state index is 12.0. The van der Waals surface area contributed by atoms with Gasteiger partial charge in [0, 0.05) is 35.4 Å². The first-order chi connectivity index (χ1) is 13.1. The third kappa shape index (κ3) is 6.16. The first-order valence-corrected chi connectivity index (χ1v) is 9.62. The summed E-state index contributed by atoms with van der Waals surface area (Å²) in [5, 5.41) is 5.41. The molecule has 1 aliphatic heterocycles. The number of nitrogens with zero attached hydrogens (tertiary/aromatic N) is 1. The van der Waals surface area contributed by atoms with Crippen LogP contribution in [-0.2, 0) is 16.1 Å². The molecule has 2 amide bonds. The minimum absolute atomic E-state index is 0.0789. The number of morpholine rings is 1. The predicted octanol–water partition coefficient (Wildman–Crippen LogP) is 2.65. The zero-order chi connectivity index (χ0) is 19.1. The number of carbonyl (C=O) groups is 2. The average molecular weight is 432 g/mol. The van der Waals surface area contributed by atoms with E-state index in [1.54, 1.807) is 24.3 Å². The number of amides is 2. The lowest BCUT2D eigenvalue weighted by molar-refractivity contribution is -0.115. The van der Waals surface area contributed by atoms with E-state index in [4.69, 9.17) is 4.74 Å². The van der Waals surface area contributed by atoms with Gasteiger partial charge in [-0.05, 0) is 42.0 Å². The maximum Gasteiger partial charge on any atom is 0.251 e. The van der Waals surface area contributed by atoms with Gasteiger partial charge in [-0.3, -0.25) is 14.5 Å². The van der Waals surface area contributed by atoms with E-state index in [1.165, 1.54) is 5.56 Å². The number of rotatable bonds is 6. The summed E-state index contributed by atoms with van der Waals surface area (Å²) < 4.78 is 6.25. The zero-order valence-corrected chi connectivity index (χ0v) is 16.5. The molecule has 0 spiro atoms. The maximum atomic E-state index is 12.0. The second-order valence-electron chi connectivity index (χ2n) is 6.32. The van der Waals surface area contributed by atoms with Gasteiger partial charge in [0.1, 0.15) is 0 Å². The number of halogens is 1. The van der Waals surface area contributed by atoms with Gasteiger partial charge in [-0.15, -0.1) is 0 Å². The van der Waals surface area contributed by atoms with Crippen LogP contribution in [0, 0.1) is 0 Å². The highest BCUT2D eigenvalue weighted by Gasteiger charge is 2.11. The molecule has 0 unspecified atom stereocenters. The van der Waals surface area contributed by atoms with Gasteiger partial charge in [0.15, 0.2) is 0 Å². The van der Waals surface area contributed by atoms with Crippen LogP contribution in [0.4, 0.5) is 5.69 Å². The molecule has 7 heteroatoms. The van der Waals surface area contributed by atoms with E-state index in [0.29, 0.717) is 11.3 Å². The van der Waals surface area contributed by atoms with Crippen LogP contribution in [0.25, 0.3) is 0 Å². The normalized spacial score (nSPS) is 14.6. The number of nitrogens with one attached hydrogen (secondary N) is 2. The summed E-state index contributed by atoms with van der Waals surface area (Å²) >= 11 is 3.32. The summed E-state index contributed by atoms with van der Waals surface area (Å²) in [6.45, 7) is 4.23. The fraction of sp³-hybridized carbons (Fsp3) is 0.300. The lowest BCUT2D eigenvalue weighted by Crippen LogP contribution is -2.35. The number of benzene rings is 2. The second kappa shape index (κ2) is 9.64. The Morgan fingerprint density at radius 3 is 2.33 bits per heavy atom. The Bertz CT molecular complexity index is 772. The highest BCUT2D eigenvalue weighted by Crippen LogP contribution is 2.13. The Kier molecular flexibility index (Phi) is 6.98. The molecule has 0 radical (unpaired) electrons. The van der Waals surface area contributed by atoms with Gasteiger partial charge >= 0.3 is 0 Å². The number of anilines is 1. The molecule has 0 aromatic heterocycles. The summed E-state index contributed by atoms with van der Waals surface area (Å²) in [7, 11) is 0. The number of carbonyl (C=O) groups excluding carboxylic acids is 2. The van der Waals surface area contributed by atoms with E-state index < -0.39 is 0 Å². The Morgan fingerprint density at radius 1 is 1.00 bits per heavy atom. The molecule has 3 rings (SSSR count). The SMILES string of the molecule is O=C(CNC(=O)c1ccc(Br)cc1)Nc1ccc(CN2CCOCC2)cc1. The molecule has 6 nitrogen and oxygen atoms in total. The van der Waals surface area contributed by atoms with E-state index in [-0.39, 0.29) is 18.4 Å². The molecule has 1 aliphatic rings. The van der Waals surface area contributed by atoms with E-state index in [0.717, 1.165) is 37.3 Å². The zero-order valence-electron chi connectivity index (χ0n) is 14.9. The largest absolute Gasteiger partial charge is 0.379 e. The van der Waals surface area contributed by atoms with Crippen LogP contribution < -0.4 is 10.6 Å². The first kappa shape index (κ1) is 19.5. The summed E-state index contributed by atoms with van der Waals surface area (Å²) in [5.41, 5.74) is 2.42. The van der Waals surface area contributed by atoms with Crippen molar-refractivity contribution >= 4 is 33.4 Å². The molecule has 1 fully saturated rings. The van der Waals surface area contributed by atoms with Gasteiger partial charge in [0.05, 0.1) is 19.8 Å². The number of hydrogen-bond acceptors (Lipinski definition) is 4. The number of hydrogen-bond donors (Lipinski definition) is 2. The van der Waals surface area contributed by atoms with Crippen molar-refractivity contribution in [2.24, 2.45) is 0 Å². The number of ether oxygens (including phenoxy) is 1. The van der Waals surface area contributed by atoms with Crippen molar-refractivity contribution in [2.75, 3.05) is 38.2 Å². The highest BCUT2D eigenvalue weighted by atomic mass is 79.9. The van der Waals surface area contributed by atoms with E-state index in [2.05, 4.69) is 31.5 Å². The molecular formula is C20H22BrN3O3. The van der Waals surface area contributed by atoms with Gasteiger partial charge in [-0.2, -0.15) is 0 Å². The van der Waals surface area contributed by atoms with Crippen molar-refractivity contribution in [3.05, 3.63) is 64.1 Å². The summed E-state index contributed by atoms with van der Waals surface area (Å²) in [6, 6.07) is 14.7. The lowest BCUT2D eigenvalue weighted by atomic mass is 10.2. The fourth-order valence-corrected chi connectivity index (χ4v) is 3.04. The van der Waals surface area contributed by atoms with Crippen LogP contribution >= 0.6 is 15.9 Å². The standard InChI is InChI=1S/C20H22BrN3O3/c21-17-5-3-16(4-6-17)20(26)22-13-19(25)23-18-7-1-15(2-8-18)14-24-9-11-27-12-10-24/h1-8H,9-14H2,(H,22,26)(H,23,25). The highest BCUT2D eigenvalue weighted by molar-refractivity contribution is 9.10. The predicted molar refractivity (Wildman–Crippen MR) is 108 cm³/mol. The van der Waals surface area contributed by atoms with E-state index in [9.17, 15) is 9.59 Å². The molecule has 1 heterocycles. The summed E-state index contributed by atoms with van der Waals surface area (Å²) in [6.07, 6.45) is 0. The molecule has 27 heavy (non-hydrogen) atoms. The molecule has 2 aromatic carbocycles. The Hall–Kier alpha value is -2.22. The van der Waals surface area contributed by atoms with Crippen LogP contribution in [0.5, 0.6) is 0 Å². The fourth-order valence-electron chi connectivity index (χ4n) is 2.78. The summed E-state index contributed by atoms with van der Waals surface area (Å²) in [4.78, 5) is 26.4. The Morgan fingerprint density at radius 2 is 1.67 bits per heavy atom. The molecule has 1 saturated heterocycles. The van der Waals surface area contributed by atoms with Crippen molar-refractivity contribution < 1.29 is 14.3 Å². The molecular weight excluding hydrogens is 410 g/mol. The van der Waals surface area contributed by atoms with Crippen LogP contribution in [-0.4, -0.2) is 49.6 Å². The van der Waals surface area contributed by atoms with Crippen LogP contribution in [0.15, 0.2) is 53.0 Å². The third-order valence-corrected chi connectivity index (χ3v) is 4.79. The van der Waals surface area contributed by atoms with E-state index >= 15 is 0 Å². The van der Waals surface area contributed by atoms with Crippen molar-refractivity contribution in [1.82, 2.24) is 10.2 Å². The first-order valence-electron chi connectivity index (χ1n) is 8.83. The third-order valence-electron chi connectivity index (χ3n) is 4.26. The van der Waals surface area contributed by atoms with Gasteiger partial charge in [0.25, 0.3) is 5.91 Å². The quantitative estimate of drug-likeness (QED) is 0.737. The van der Waals surface area contributed by atoms with Gasteiger partial charge in [-0.1, -0.05) is 28.1 Å². The van der Waals surface area contributed by atoms with Crippen LogP contribution in [0.1, 0.15) is 15.9 Å². The smallest absolute Gasteiger partial charge is 0.251 e. The molecule has 2 aromatic rings. The van der Waals surface area contributed by atoms with Gasteiger partial charge < -0.3 is 15.4 Å². The van der Waals surface area contributed by atoms with Crippen molar-refractivity contribution in [3.63, 3.8) is 0 Å². The molecule has 0 saturated carbocycles. The lowest BCUT2D eigenvalue weighted by Gasteiger charge is -2.26. The van der Waals surface area contributed by atoms with Crippen molar-refractivity contribution in [2.45, 2.75) is 6.54 Å². The average Bonchev–Trinajstić information content (AvgIpc) is 2.69. The van der Waals surface area contributed by atoms with Crippen LogP contribution in [0.2, 0.25) is 0 Å².